The summed E-state index contributed by atoms with van der Waals surface area (Å²) < 4.78 is 31.4. The summed E-state index contributed by atoms with van der Waals surface area (Å²) in [5.41, 5.74) is 2.35. The first kappa shape index (κ1) is 31.2. The second-order valence-electron chi connectivity index (χ2n) is 13.3. The maximum absolute atomic E-state index is 12.5. The van der Waals surface area contributed by atoms with E-state index in [1.54, 1.807) is 0 Å². The highest BCUT2D eigenvalue weighted by Crippen LogP contribution is 2.45. The molecule has 0 aliphatic carbocycles. The molecule has 2 aliphatic rings. The Labute approximate surface area is 231 Å². The fraction of sp³-hybridized carbons (Fsp3) is 0.710. The van der Waals surface area contributed by atoms with Crippen molar-refractivity contribution >= 4 is 14.1 Å². The molecule has 0 amide bonds. The van der Waals surface area contributed by atoms with Crippen LogP contribution in [0, 0.1) is 11.8 Å². The number of Topliss-reactive ketones (excluding diaryl/α,β-unsaturated/α-hetero) is 1. The van der Waals surface area contributed by atoms with Crippen molar-refractivity contribution in [1.82, 2.24) is 0 Å². The van der Waals surface area contributed by atoms with Crippen LogP contribution < -0.4 is 0 Å². The molecule has 214 valence electrons. The first-order chi connectivity index (χ1) is 17.6. The number of ketones is 1. The average molecular weight is 547 g/mol. The summed E-state index contributed by atoms with van der Waals surface area (Å²) in [7, 11) is -1.79. The van der Waals surface area contributed by atoms with Crippen molar-refractivity contribution in [2.75, 3.05) is 19.8 Å². The topological polar surface area (TPSA) is 63.2 Å². The third-order valence-electron chi connectivity index (χ3n) is 7.98. The summed E-state index contributed by atoms with van der Waals surface area (Å²) in [5.74, 6) is -1.48. The normalized spacial score (nSPS) is 27.5. The van der Waals surface area contributed by atoms with Gasteiger partial charge >= 0.3 is 0 Å². The molecule has 6 nitrogen and oxygen atoms in total. The van der Waals surface area contributed by atoms with Crippen molar-refractivity contribution in [3.63, 3.8) is 0 Å². The van der Waals surface area contributed by atoms with Gasteiger partial charge in [0, 0.05) is 25.4 Å². The van der Waals surface area contributed by atoms with Crippen molar-refractivity contribution < 1.29 is 28.2 Å². The lowest BCUT2D eigenvalue weighted by molar-refractivity contribution is -0.416. The molecule has 38 heavy (non-hydrogen) atoms. The number of carbonyl (C=O) groups is 1. The zero-order valence-corrected chi connectivity index (χ0v) is 26.1. The molecule has 2 saturated heterocycles. The van der Waals surface area contributed by atoms with E-state index in [-0.39, 0.29) is 29.5 Å². The van der Waals surface area contributed by atoms with Crippen LogP contribution in [0.4, 0.5) is 0 Å². The number of hydrogen-bond acceptors (Lipinski definition) is 6. The van der Waals surface area contributed by atoms with Crippen LogP contribution in [-0.4, -0.2) is 51.6 Å². The molecule has 0 radical (unpaired) electrons. The smallest absolute Gasteiger partial charge is 0.191 e. The zero-order valence-electron chi connectivity index (χ0n) is 25.1. The quantitative estimate of drug-likeness (QED) is 0.232. The Morgan fingerprint density at radius 2 is 1.89 bits per heavy atom. The SMILES string of the molecule is C/C(=C\[C@H]1CC(=O)CO[C@@]12C[C@@H](COCc1ccccc1)OC(C)(C)O2)C[C@H](C)CO[Si](C)(C)C(C)(C)C. The Morgan fingerprint density at radius 3 is 2.55 bits per heavy atom. The number of carbonyl (C=O) groups excluding carboxylic acids is 1. The summed E-state index contributed by atoms with van der Waals surface area (Å²) in [6.07, 6.45) is 3.81. The van der Waals surface area contributed by atoms with E-state index in [0.29, 0.717) is 32.0 Å². The van der Waals surface area contributed by atoms with Crippen LogP contribution >= 0.6 is 0 Å². The van der Waals surface area contributed by atoms with Crippen molar-refractivity contribution in [3.8, 4) is 0 Å². The molecule has 2 fully saturated rings. The Balaban J connectivity index is 1.68. The van der Waals surface area contributed by atoms with Crippen molar-refractivity contribution in [1.29, 1.82) is 0 Å². The van der Waals surface area contributed by atoms with Gasteiger partial charge in [-0.25, -0.2) is 0 Å². The standard InChI is InChI=1S/C31H50O6Si/c1-23(15-24(2)19-35-38(8,9)29(3,4)5)16-26-17-27(32)21-34-31(26)18-28(36-30(6,7)37-31)22-33-20-25-13-11-10-12-14-25/h10-14,16,24,26,28H,15,17-22H2,1-9H3/b23-16+/t24-,26-,28-,31+/m0/s1. The molecule has 1 spiro atoms. The van der Waals surface area contributed by atoms with E-state index in [0.717, 1.165) is 18.6 Å². The van der Waals surface area contributed by atoms with Gasteiger partial charge in [-0.05, 0) is 56.8 Å². The number of allylic oxidation sites excluding steroid dienone is 1. The van der Waals surface area contributed by atoms with E-state index >= 15 is 0 Å². The van der Waals surface area contributed by atoms with Crippen molar-refractivity contribution in [2.45, 2.75) is 110 Å². The summed E-state index contributed by atoms with van der Waals surface area (Å²) in [6, 6.07) is 10.1. The molecule has 0 bridgehead atoms. The molecule has 0 aromatic heterocycles. The lowest BCUT2D eigenvalue weighted by atomic mass is 9.83. The van der Waals surface area contributed by atoms with E-state index in [1.165, 1.54) is 5.57 Å². The van der Waals surface area contributed by atoms with E-state index in [1.807, 2.05) is 44.2 Å². The van der Waals surface area contributed by atoms with Crippen LogP contribution in [0.3, 0.4) is 0 Å². The number of hydrogen-bond donors (Lipinski definition) is 0. The second-order valence-corrected chi connectivity index (χ2v) is 18.1. The largest absolute Gasteiger partial charge is 0.417 e. The summed E-state index contributed by atoms with van der Waals surface area (Å²) in [4.78, 5) is 12.5. The van der Waals surface area contributed by atoms with Gasteiger partial charge in [0.15, 0.2) is 25.7 Å². The molecule has 4 atom stereocenters. The number of benzene rings is 1. The van der Waals surface area contributed by atoms with Crippen LogP contribution in [0.5, 0.6) is 0 Å². The molecule has 7 heteroatoms. The maximum Gasteiger partial charge on any atom is 0.191 e. The Bertz CT molecular complexity index is 951. The molecule has 1 aromatic carbocycles. The van der Waals surface area contributed by atoms with Gasteiger partial charge in [0.25, 0.3) is 0 Å². The second kappa shape index (κ2) is 12.4. The Kier molecular flexibility index (Phi) is 10.2. The monoisotopic (exact) mass is 546 g/mol. The van der Waals surface area contributed by atoms with Gasteiger partial charge in [-0.15, -0.1) is 0 Å². The van der Waals surface area contributed by atoms with Gasteiger partial charge in [-0.3, -0.25) is 4.79 Å². The van der Waals surface area contributed by atoms with E-state index < -0.39 is 19.9 Å². The van der Waals surface area contributed by atoms with Crippen LogP contribution in [-0.2, 0) is 34.8 Å². The summed E-state index contributed by atoms with van der Waals surface area (Å²) in [5, 5.41) is 0.193. The third kappa shape index (κ3) is 8.57. The predicted octanol–water partition coefficient (Wildman–Crippen LogP) is 7.04. The molecule has 0 unspecified atom stereocenters. The first-order valence-electron chi connectivity index (χ1n) is 14.1. The lowest BCUT2D eigenvalue weighted by Crippen LogP contribution is -2.60. The predicted molar refractivity (Wildman–Crippen MR) is 153 cm³/mol. The molecular formula is C31H50O6Si. The van der Waals surface area contributed by atoms with Gasteiger partial charge in [-0.1, -0.05) is 69.7 Å². The lowest BCUT2D eigenvalue weighted by Gasteiger charge is -2.52. The fourth-order valence-electron chi connectivity index (χ4n) is 5.08. The Hall–Kier alpha value is -1.35. The molecule has 3 rings (SSSR count). The minimum absolute atomic E-state index is 0.0633. The van der Waals surface area contributed by atoms with E-state index in [4.69, 9.17) is 23.4 Å². The number of rotatable bonds is 10. The van der Waals surface area contributed by atoms with Gasteiger partial charge in [0.2, 0.25) is 0 Å². The summed E-state index contributed by atoms with van der Waals surface area (Å²) in [6.45, 7) is 21.3. The highest BCUT2D eigenvalue weighted by Gasteiger charge is 2.53. The first-order valence-corrected chi connectivity index (χ1v) is 17.0. The molecular weight excluding hydrogens is 496 g/mol. The zero-order chi connectivity index (χ0) is 28.2. The van der Waals surface area contributed by atoms with Crippen LogP contribution in [0.2, 0.25) is 18.1 Å². The van der Waals surface area contributed by atoms with Crippen LogP contribution in [0.25, 0.3) is 0 Å². The Morgan fingerprint density at radius 1 is 1.21 bits per heavy atom. The van der Waals surface area contributed by atoms with Crippen molar-refractivity contribution in [3.05, 3.63) is 47.5 Å². The van der Waals surface area contributed by atoms with Gasteiger partial charge in [0.05, 0.1) is 19.3 Å². The minimum atomic E-state index is -1.79. The maximum atomic E-state index is 12.5. The fourth-order valence-corrected chi connectivity index (χ4v) is 6.21. The van der Waals surface area contributed by atoms with Crippen molar-refractivity contribution in [2.24, 2.45) is 11.8 Å². The van der Waals surface area contributed by atoms with Gasteiger partial charge in [-0.2, -0.15) is 0 Å². The molecule has 0 saturated carbocycles. The van der Waals surface area contributed by atoms with Crippen LogP contribution in [0.1, 0.15) is 73.3 Å². The number of ether oxygens (including phenoxy) is 4. The van der Waals surface area contributed by atoms with E-state index in [2.05, 4.69) is 53.8 Å². The van der Waals surface area contributed by atoms with Gasteiger partial charge < -0.3 is 23.4 Å². The van der Waals surface area contributed by atoms with Crippen LogP contribution in [0.15, 0.2) is 42.0 Å². The summed E-state index contributed by atoms with van der Waals surface area (Å²) >= 11 is 0. The highest BCUT2D eigenvalue weighted by molar-refractivity contribution is 6.74. The minimum Gasteiger partial charge on any atom is -0.417 e. The molecule has 2 heterocycles. The molecule has 2 aliphatic heterocycles. The molecule has 1 aromatic rings. The highest BCUT2D eigenvalue weighted by atomic mass is 28.4. The molecule has 0 N–H and O–H groups in total. The van der Waals surface area contributed by atoms with Gasteiger partial charge in [0.1, 0.15) is 6.61 Å². The van der Waals surface area contributed by atoms with E-state index in [9.17, 15) is 4.79 Å². The average Bonchev–Trinajstić information content (AvgIpc) is 2.79. The third-order valence-corrected chi connectivity index (χ3v) is 12.5.